The zero-order valence-electron chi connectivity index (χ0n) is 12.2. The molecule has 19 heavy (non-hydrogen) atoms. The molecule has 104 valence electrons. The van der Waals surface area contributed by atoms with Crippen LogP contribution in [0.1, 0.15) is 42.7 Å². The van der Waals surface area contributed by atoms with E-state index < -0.39 is 0 Å². The van der Waals surface area contributed by atoms with E-state index in [1.165, 1.54) is 26.5 Å². The number of hydrogen-bond donors (Lipinski definition) is 1. The van der Waals surface area contributed by atoms with Crippen LogP contribution in [0.3, 0.4) is 0 Å². The van der Waals surface area contributed by atoms with Gasteiger partial charge >= 0.3 is 0 Å². The Morgan fingerprint density at radius 1 is 1.26 bits per heavy atom. The van der Waals surface area contributed by atoms with E-state index in [9.17, 15) is 0 Å². The van der Waals surface area contributed by atoms with Gasteiger partial charge in [-0.3, -0.25) is 0 Å². The Kier molecular flexibility index (Phi) is 4.69. The van der Waals surface area contributed by atoms with Gasteiger partial charge in [0.05, 0.1) is 6.54 Å². The predicted octanol–water partition coefficient (Wildman–Crippen LogP) is 4.87. The molecule has 3 heteroatoms. The number of hydrogen-bond acceptors (Lipinski definition) is 2. The lowest BCUT2D eigenvalue weighted by molar-refractivity contribution is 0.508. The van der Waals surface area contributed by atoms with E-state index >= 15 is 0 Å². The first-order valence-electron chi connectivity index (χ1n) is 7.00. The van der Waals surface area contributed by atoms with Crippen molar-refractivity contribution in [3.8, 4) is 0 Å². The fraction of sp³-hybridized carbons (Fsp3) is 0.500. The molecule has 2 aromatic rings. The summed E-state index contributed by atoms with van der Waals surface area (Å²) in [5.41, 5.74) is 4.88. The molecule has 1 aromatic heterocycles. The van der Waals surface area contributed by atoms with E-state index in [2.05, 4.69) is 55.0 Å². The Morgan fingerprint density at radius 3 is 2.63 bits per heavy atom. The molecule has 0 unspecified atom stereocenters. The van der Waals surface area contributed by atoms with Crippen LogP contribution in [0.4, 0.5) is 0 Å². The number of aryl methyl sites for hydroxylation is 3. The van der Waals surface area contributed by atoms with Gasteiger partial charge in [-0.15, -0.1) is 0 Å². The summed E-state index contributed by atoms with van der Waals surface area (Å²) in [6, 6.07) is 2.13. The minimum atomic E-state index is 0.821. The molecule has 1 N–H and O–H groups in total. The summed E-state index contributed by atoms with van der Waals surface area (Å²) in [5.74, 6) is 1.09. The summed E-state index contributed by atoms with van der Waals surface area (Å²) in [4.78, 5) is 0. The highest BCUT2D eigenvalue weighted by atomic mass is 79.9. The third-order valence-corrected chi connectivity index (χ3v) is 4.80. The van der Waals surface area contributed by atoms with Crippen molar-refractivity contribution in [2.75, 3.05) is 6.54 Å². The standard InChI is InChI=1S/C16H22BrNO/c1-5-7-18-9-14-12(6-2)15-11(4)16(17)10(3)8-13(15)19-14/h8,18H,5-7,9H2,1-4H3. The third kappa shape index (κ3) is 2.72. The molecule has 0 aliphatic rings. The summed E-state index contributed by atoms with van der Waals surface area (Å²) in [6.07, 6.45) is 2.15. The molecule has 0 radical (unpaired) electrons. The maximum atomic E-state index is 6.07. The first kappa shape index (κ1) is 14.6. The van der Waals surface area contributed by atoms with Gasteiger partial charge in [0.2, 0.25) is 0 Å². The smallest absolute Gasteiger partial charge is 0.135 e. The number of halogens is 1. The second kappa shape index (κ2) is 6.10. The Bertz CT molecular complexity index is 586. The summed E-state index contributed by atoms with van der Waals surface area (Å²) in [7, 11) is 0. The highest BCUT2D eigenvalue weighted by Gasteiger charge is 2.16. The van der Waals surface area contributed by atoms with Crippen molar-refractivity contribution in [2.24, 2.45) is 0 Å². The van der Waals surface area contributed by atoms with E-state index in [0.29, 0.717) is 0 Å². The van der Waals surface area contributed by atoms with E-state index in [1.54, 1.807) is 0 Å². The molecule has 0 aliphatic carbocycles. The van der Waals surface area contributed by atoms with Crippen LogP contribution >= 0.6 is 15.9 Å². The van der Waals surface area contributed by atoms with Gasteiger partial charge < -0.3 is 9.73 Å². The van der Waals surface area contributed by atoms with Crippen molar-refractivity contribution in [1.82, 2.24) is 5.32 Å². The lowest BCUT2D eigenvalue weighted by atomic mass is 10.0. The highest BCUT2D eigenvalue weighted by Crippen LogP contribution is 2.35. The van der Waals surface area contributed by atoms with Crippen LogP contribution in [0.2, 0.25) is 0 Å². The van der Waals surface area contributed by atoms with Crippen molar-refractivity contribution in [3.63, 3.8) is 0 Å². The predicted molar refractivity (Wildman–Crippen MR) is 84.8 cm³/mol. The summed E-state index contributed by atoms with van der Waals surface area (Å²) in [6.45, 7) is 10.5. The van der Waals surface area contributed by atoms with Gasteiger partial charge in [0.1, 0.15) is 11.3 Å². The second-order valence-corrected chi connectivity index (χ2v) is 5.83. The molecule has 1 aromatic carbocycles. The van der Waals surface area contributed by atoms with Crippen LogP contribution in [0.15, 0.2) is 15.0 Å². The van der Waals surface area contributed by atoms with Crippen molar-refractivity contribution in [1.29, 1.82) is 0 Å². The van der Waals surface area contributed by atoms with Gasteiger partial charge in [-0.25, -0.2) is 0 Å². The minimum absolute atomic E-state index is 0.821. The van der Waals surface area contributed by atoms with Gasteiger partial charge in [0.25, 0.3) is 0 Å². The monoisotopic (exact) mass is 323 g/mol. The number of nitrogens with one attached hydrogen (secondary N) is 1. The van der Waals surface area contributed by atoms with Crippen molar-refractivity contribution < 1.29 is 4.42 Å². The van der Waals surface area contributed by atoms with Gasteiger partial charge in [0, 0.05) is 15.4 Å². The number of rotatable bonds is 5. The van der Waals surface area contributed by atoms with Crippen LogP contribution in [0.5, 0.6) is 0 Å². The Morgan fingerprint density at radius 2 is 2.00 bits per heavy atom. The average molecular weight is 324 g/mol. The quantitative estimate of drug-likeness (QED) is 0.794. The van der Waals surface area contributed by atoms with Gasteiger partial charge in [0.15, 0.2) is 0 Å². The Labute approximate surface area is 123 Å². The van der Waals surface area contributed by atoms with Crippen molar-refractivity contribution in [3.05, 3.63) is 33.0 Å². The van der Waals surface area contributed by atoms with E-state index in [1.807, 2.05) is 0 Å². The van der Waals surface area contributed by atoms with Crippen LogP contribution < -0.4 is 5.32 Å². The normalized spacial score (nSPS) is 11.4. The Hall–Kier alpha value is -0.800. The topological polar surface area (TPSA) is 25.2 Å². The number of benzene rings is 1. The second-order valence-electron chi connectivity index (χ2n) is 5.04. The summed E-state index contributed by atoms with van der Waals surface area (Å²) < 4.78 is 7.27. The maximum Gasteiger partial charge on any atom is 0.135 e. The van der Waals surface area contributed by atoms with Crippen molar-refractivity contribution >= 4 is 26.9 Å². The summed E-state index contributed by atoms with van der Waals surface area (Å²) >= 11 is 3.68. The Balaban J connectivity index is 2.52. The van der Waals surface area contributed by atoms with Gasteiger partial charge in [-0.1, -0.05) is 29.8 Å². The lowest BCUT2D eigenvalue weighted by Crippen LogP contribution is -2.14. The fourth-order valence-electron chi connectivity index (χ4n) is 2.61. The average Bonchev–Trinajstić information content (AvgIpc) is 2.74. The summed E-state index contributed by atoms with van der Waals surface area (Å²) in [5, 5.41) is 4.72. The molecule has 1 heterocycles. The van der Waals surface area contributed by atoms with Crippen LogP contribution in [0, 0.1) is 13.8 Å². The van der Waals surface area contributed by atoms with E-state index in [0.717, 1.165) is 37.3 Å². The van der Waals surface area contributed by atoms with Crippen LogP contribution in [-0.4, -0.2) is 6.54 Å². The third-order valence-electron chi connectivity index (χ3n) is 3.58. The molecular formula is C16H22BrNO. The number of fused-ring (bicyclic) bond motifs is 1. The molecule has 2 nitrogen and oxygen atoms in total. The molecule has 0 spiro atoms. The molecule has 0 saturated heterocycles. The molecule has 2 rings (SSSR count). The zero-order chi connectivity index (χ0) is 14.0. The first-order chi connectivity index (χ1) is 9.10. The van der Waals surface area contributed by atoms with E-state index in [4.69, 9.17) is 4.42 Å². The van der Waals surface area contributed by atoms with Crippen molar-refractivity contribution in [2.45, 2.75) is 47.1 Å². The van der Waals surface area contributed by atoms with Gasteiger partial charge in [-0.05, 0) is 50.4 Å². The molecule has 0 saturated carbocycles. The lowest BCUT2D eigenvalue weighted by Gasteiger charge is -2.05. The SMILES string of the molecule is CCCNCc1oc2cc(C)c(Br)c(C)c2c1CC. The minimum Gasteiger partial charge on any atom is -0.459 e. The first-order valence-corrected chi connectivity index (χ1v) is 7.80. The molecular weight excluding hydrogens is 302 g/mol. The number of furan rings is 1. The van der Waals surface area contributed by atoms with Gasteiger partial charge in [-0.2, -0.15) is 0 Å². The molecule has 0 fully saturated rings. The zero-order valence-corrected chi connectivity index (χ0v) is 13.8. The molecule has 0 bridgehead atoms. The largest absolute Gasteiger partial charge is 0.459 e. The highest BCUT2D eigenvalue weighted by molar-refractivity contribution is 9.10. The maximum absolute atomic E-state index is 6.07. The van der Waals surface area contributed by atoms with E-state index in [-0.39, 0.29) is 0 Å². The van der Waals surface area contributed by atoms with Crippen LogP contribution in [-0.2, 0) is 13.0 Å². The molecule has 0 atom stereocenters. The molecule has 0 aliphatic heterocycles. The molecule has 0 amide bonds. The van der Waals surface area contributed by atoms with Crippen LogP contribution in [0.25, 0.3) is 11.0 Å². The fourth-order valence-corrected chi connectivity index (χ4v) is 2.92.